The highest BCUT2D eigenvalue weighted by atomic mass is 16.1. The van der Waals surface area contributed by atoms with E-state index in [0.717, 1.165) is 49.1 Å². The number of aromatic nitrogens is 5. The summed E-state index contributed by atoms with van der Waals surface area (Å²) in [4.78, 5) is 17.7. The largest absolute Gasteiger partial charge is 0.352 e. The average molecular weight is 366 g/mol. The third-order valence-electron chi connectivity index (χ3n) is 4.97. The topological polar surface area (TPSA) is 77.6 Å². The summed E-state index contributed by atoms with van der Waals surface area (Å²) in [5.41, 5.74) is 2.54. The SMILES string of the molecule is CCCn1ncc2c(C(=O)NC[C@H](C)Cn3cccn3)cc(C3CC3)nc21. The molecule has 0 bridgehead atoms. The number of aryl methyl sites for hydroxylation is 1. The lowest BCUT2D eigenvalue weighted by atomic mass is 10.1. The van der Waals surface area contributed by atoms with Crippen molar-refractivity contribution in [2.75, 3.05) is 6.54 Å². The van der Waals surface area contributed by atoms with Crippen molar-refractivity contribution in [1.29, 1.82) is 0 Å². The first kappa shape index (κ1) is 17.7. The van der Waals surface area contributed by atoms with Gasteiger partial charge >= 0.3 is 0 Å². The highest BCUT2D eigenvalue weighted by Gasteiger charge is 2.28. The number of carbonyl (C=O) groups excluding carboxylic acids is 1. The average Bonchev–Trinajstić information content (AvgIpc) is 3.26. The standard InChI is InChI=1S/C20H26N6O/c1-3-8-26-19-17(12-23-26)16(10-18(24-19)15-5-6-15)20(27)21-11-14(2)13-25-9-4-7-22-25/h4,7,9-10,12,14-15H,3,5-6,8,11,13H2,1-2H3,(H,21,27)/t14-/m0/s1. The predicted molar refractivity (Wildman–Crippen MR) is 104 cm³/mol. The van der Waals surface area contributed by atoms with Crippen molar-refractivity contribution in [3.8, 4) is 0 Å². The zero-order valence-corrected chi connectivity index (χ0v) is 15.9. The van der Waals surface area contributed by atoms with Gasteiger partial charge in [-0.3, -0.25) is 9.48 Å². The van der Waals surface area contributed by atoms with Crippen molar-refractivity contribution in [1.82, 2.24) is 29.9 Å². The Morgan fingerprint density at radius 1 is 1.37 bits per heavy atom. The first-order valence-corrected chi connectivity index (χ1v) is 9.77. The zero-order valence-electron chi connectivity index (χ0n) is 15.9. The van der Waals surface area contributed by atoms with E-state index in [1.54, 1.807) is 12.4 Å². The van der Waals surface area contributed by atoms with Crippen LogP contribution in [0.25, 0.3) is 11.0 Å². The van der Waals surface area contributed by atoms with Crippen molar-refractivity contribution in [3.63, 3.8) is 0 Å². The Labute approximate surface area is 158 Å². The van der Waals surface area contributed by atoms with E-state index >= 15 is 0 Å². The number of pyridine rings is 1. The van der Waals surface area contributed by atoms with Crippen LogP contribution < -0.4 is 5.32 Å². The van der Waals surface area contributed by atoms with Gasteiger partial charge in [-0.25, -0.2) is 9.67 Å². The lowest BCUT2D eigenvalue weighted by Crippen LogP contribution is -2.30. The third-order valence-corrected chi connectivity index (χ3v) is 4.97. The van der Waals surface area contributed by atoms with Gasteiger partial charge in [-0.15, -0.1) is 0 Å². The van der Waals surface area contributed by atoms with Crippen LogP contribution in [0.5, 0.6) is 0 Å². The molecule has 4 rings (SSSR count). The fraction of sp³-hybridized carbons (Fsp3) is 0.500. The quantitative estimate of drug-likeness (QED) is 0.665. The van der Waals surface area contributed by atoms with Crippen LogP contribution in [0, 0.1) is 5.92 Å². The first-order valence-electron chi connectivity index (χ1n) is 9.77. The molecule has 27 heavy (non-hydrogen) atoms. The molecule has 3 aromatic rings. The van der Waals surface area contributed by atoms with Crippen molar-refractivity contribution in [2.45, 2.75) is 52.1 Å². The second-order valence-corrected chi connectivity index (χ2v) is 7.52. The Bertz CT molecular complexity index is 926. The van der Waals surface area contributed by atoms with Gasteiger partial charge in [-0.05, 0) is 37.3 Å². The zero-order chi connectivity index (χ0) is 18.8. The van der Waals surface area contributed by atoms with E-state index in [1.165, 1.54) is 0 Å². The van der Waals surface area contributed by atoms with Crippen LogP contribution >= 0.6 is 0 Å². The number of fused-ring (bicyclic) bond motifs is 1. The minimum absolute atomic E-state index is 0.0485. The van der Waals surface area contributed by atoms with Crippen LogP contribution in [0.2, 0.25) is 0 Å². The number of nitrogens with zero attached hydrogens (tertiary/aromatic N) is 5. The normalized spacial score (nSPS) is 15.2. The monoisotopic (exact) mass is 366 g/mol. The number of rotatable bonds is 8. The summed E-state index contributed by atoms with van der Waals surface area (Å²) in [6.07, 6.45) is 8.78. The molecule has 0 unspecified atom stereocenters. The van der Waals surface area contributed by atoms with Gasteiger partial charge in [0, 0.05) is 43.6 Å². The van der Waals surface area contributed by atoms with Crippen molar-refractivity contribution in [2.24, 2.45) is 5.92 Å². The number of hydrogen-bond donors (Lipinski definition) is 1. The molecule has 7 nitrogen and oxygen atoms in total. The molecule has 1 fully saturated rings. The Balaban J connectivity index is 1.53. The van der Waals surface area contributed by atoms with Gasteiger partial charge < -0.3 is 5.32 Å². The molecular weight excluding hydrogens is 340 g/mol. The van der Waals surface area contributed by atoms with Gasteiger partial charge in [0.25, 0.3) is 5.91 Å². The molecule has 0 aliphatic heterocycles. The van der Waals surface area contributed by atoms with Crippen LogP contribution in [-0.4, -0.2) is 37.0 Å². The van der Waals surface area contributed by atoms with Crippen molar-refractivity contribution in [3.05, 3.63) is 42.0 Å². The molecule has 1 aliphatic carbocycles. The highest BCUT2D eigenvalue weighted by Crippen LogP contribution is 2.40. The van der Waals surface area contributed by atoms with Gasteiger partial charge in [0.2, 0.25) is 0 Å². The molecule has 0 aromatic carbocycles. The predicted octanol–water partition coefficient (Wildman–Crippen LogP) is 2.98. The Morgan fingerprint density at radius 2 is 2.22 bits per heavy atom. The molecule has 1 N–H and O–H groups in total. The molecule has 0 saturated heterocycles. The minimum atomic E-state index is -0.0485. The van der Waals surface area contributed by atoms with E-state index in [-0.39, 0.29) is 11.8 Å². The fourth-order valence-electron chi connectivity index (χ4n) is 3.37. The summed E-state index contributed by atoms with van der Waals surface area (Å²) >= 11 is 0. The third kappa shape index (κ3) is 3.86. The highest BCUT2D eigenvalue weighted by molar-refractivity contribution is 6.05. The Morgan fingerprint density at radius 3 is 2.93 bits per heavy atom. The maximum atomic E-state index is 12.9. The summed E-state index contributed by atoms with van der Waals surface area (Å²) in [7, 11) is 0. The van der Waals surface area contributed by atoms with Gasteiger partial charge in [-0.1, -0.05) is 13.8 Å². The Kier molecular flexibility index (Phi) is 4.92. The van der Waals surface area contributed by atoms with Gasteiger partial charge in [-0.2, -0.15) is 10.2 Å². The summed E-state index contributed by atoms with van der Waals surface area (Å²) in [6.45, 7) is 6.42. The van der Waals surface area contributed by atoms with Crippen molar-refractivity contribution < 1.29 is 4.79 Å². The van der Waals surface area contributed by atoms with Crippen LogP contribution in [0.3, 0.4) is 0 Å². The first-order chi connectivity index (χ1) is 13.2. The number of carbonyl (C=O) groups is 1. The smallest absolute Gasteiger partial charge is 0.252 e. The molecule has 0 spiro atoms. The van der Waals surface area contributed by atoms with E-state index in [0.29, 0.717) is 18.0 Å². The molecule has 1 amide bonds. The minimum Gasteiger partial charge on any atom is -0.352 e. The Hall–Kier alpha value is -2.70. The number of amides is 1. The molecule has 1 atom stereocenters. The van der Waals surface area contributed by atoms with Gasteiger partial charge in [0.15, 0.2) is 5.65 Å². The molecule has 1 saturated carbocycles. The summed E-state index contributed by atoms with van der Waals surface area (Å²) in [5, 5.41) is 12.6. The molecule has 142 valence electrons. The maximum Gasteiger partial charge on any atom is 0.252 e. The summed E-state index contributed by atoms with van der Waals surface area (Å²) in [6, 6.07) is 3.87. The van der Waals surface area contributed by atoms with Crippen molar-refractivity contribution >= 4 is 16.9 Å². The van der Waals surface area contributed by atoms with E-state index in [4.69, 9.17) is 4.98 Å². The van der Waals surface area contributed by atoms with E-state index in [1.807, 2.05) is 27.7 Å². The summed E-state index contributed by atoms with van der Waals surface area (Å²) < 4.78 is 3.81. The van der Waals surface area contributed by atoms with Crippen LogP contribution in [0.4, 0.5) is 0 Å². The van der Waals surface area contributed by atoms with E-state index in [9.17, 15) is 4.79 Å². The molecule has 0 radical (unpaired) electrons. The number of hydrogen-bond acceptors (Lipinski definition) is 4. The maximum absolute atomic E-state index is 12.9. The summed E-state index contributed by atoms with van der Waals surface area (Å²) in [5.74, 6) is 0.731. The fourth-order valence-corrected chi connectivity index (χ4v) is 3.37. The number of nitrogens with one attached hydrogen (secondary N) is 1. The van der Waals surface area contributed by atoms with Crippen LogP contribution in [0.15, 0.2) is 30.7 Å². The van der Waals surface area contributed by atoms with E-state index in [2.05, 4.69) is 29.4 Å². The van der Waals surface area contributed by atoms with Gasteiger partial charge in [0.05, 0.1) is 17.1 Å². The molecule has 1 aliphatic rings. The lowest BCUT2D eigenvalue weighted by Gasteiger charge is -2.14. The lowest BCUT2D eigenvalue weighted by molar-refractivity contribution is 0.0948. The van der Waals surface area contributed by atoms with Crippen LogP contribution in [0.1, 0.15) is 55.1 Å². The molecular formula is C20H26N6O. The molecule has 3 aromatic heterocycles. The van der Waals surface area contributed by atoms with Crippen LogP contribution in [-0.2, 0) is 13.1 Å². The second-order valence-electron chi connectivity index (χ2n) is 7.52. The van der Waals surface area contributed by atoms with Gasteiger partial charge in [0.1, 0.15) is 0 Å². The molecule has 3 heterocycles. The molecule has 7 heteroatoms. The van der Waals surface area contributed by atoms with E-state index < -0.39 is 0 Å². The second kappa shape index (κ2) is 7.50.